The second kappa shape index (κ2) is 6.63. The van der Waals surface area contributed by atoms with Crippen molar-refractivity contribution in [2.24, 2.45) is 5.92 Å². The highest BCUT2D eigenvalue weighted by Gasteiger charge is 2.06. The zero-order valence-corrected chi connectivity index (χ0v) is 10.8. The maximum Gasteiger partial charge on any atom is 0.251 e. The number of hydrogen-bond donors (Lipinski definition) is 1. The standard InChI is InChI=1S/C12H20N2OS/c1-3-5-6-10(4-2)9-14-8-7-11(15)13-12(14)16/h7-8,10H,3-6,9H2,1-2H3,(H,13,15,16). The molecule has 16 heavy (non-hydrogen) atoms. The molecular formula is C12H20N2OS. The lowest BCUT2D eigenvalue weighted by Crippen LogP contribution is -2.16. The third kappa shape index (κ3) is 3.93. The lowest BCUT2D eigenvalue weighted by molar-refractivity contribution is 0.385. The van der Waals surface area contributed by atoms with Gasteiger partial charge < -0.3 is 4.57 Å². The van der Waals surface area contributed by atoms with E-state index in [0.29, 0.717) is 10.7 Å². The van der Waals surface area contributed by atoms with Crippen molar-refractivity contribution in [2.75, 3.05) is 0 Å². The summed E-state index contributed by atoms with van der Waals surface area (Å²) in [4.78, 5) is 13.7. The Morgan fingerprint density at radius 2 is 2.25 bits per heavy atom. The van der Waals surface area contributed by atoms with Crippen molar-refractivity contribution in [3.63, 3.8) is 0 Å². The Balaban J connectivity index is 2.70. The van der Waals surface area contributed by atoms with Crippen molar-refractivity contribution in [1.82, 2.24) is 9.55 Å². The quantitative estimate of drug-likeness (QED) is 0.776. The van der Waals surface area contributed by atoms with Gasteiger partial charge in [0.1, 0.15) is 0 Å². The SMILES string of the molecule is CCCCC(CC)Cn1ccc(=O)[nH]c1=S. The molecule has 1 aromatic rings. The smallest absolute Gasteiger partial charge is 0.251 e. The third-order valence-corrected chi connectivity index (χ3v) is 3.23. The summed E-state index contributed by atoms with van der Waals surface area (Å²) in [6, 6.07) is 1.53. The van der Waals surface area contributed by atoms with Gasteiger partial charge in [-0.05, 0) is 24.6 Å². The average molecular weight is 240 g/mol. The maximum absolute atomic E-state index is 11.0. The first-order valence-electron chi connectivity index (χ1n) is 5.97. The largest absolute Gasteiger partial charge is 0.325 e. The molecule has 4 heteroatoms. The second-order valence-corrected chi connectivity index (χ2v) is 4.57. The van der Waals surface area contributed by atoms with E-state index in [1.54, 1.807) is 6.20 Å². The highest BCUT2D eigenvalue weighted by atomic mass is 32.1. The van der Waals surface area contributed by atoms with E-state index < -0.39 is 0 Å². The van der Waals surface area contributed by atoms with E-state index in [4.69, 9.17) is 12.2 Å². The number of aromatic nitrogens is 2. The lowest BCUT2D eigenvalue weighted by atomic mass is 9.99. The van der Waals surface area contributed by atoms with Gasteiger partial charge in [-0.15, -0.1) is 0 Å². The third-order valence-electron chi connectivity index (χ3n) is 2.90. The van der Waals surface area contributed by atoms with Gasteiger partial charge in [0.15, 0.2) is 4.77 Å². The van der Waals surface area contributed by atoms with Crippen molar-refractivity contribution >= 4 is 12.2 Å². The molecule has 1 N–H and O–H groups in total. The molecule has 0 amide bonds. The predicted molar refractivity (Wildman–Crippen MR) is 69.2 cm³/mol. The summed E-state index contributed by atoms with van der Waals surface area (Å²) in [5, 5.41) is 0. The van der Waals surface area contributed by atoms with E-state index in [1.165, 1.54) is 25.3 Å². The summed E-state index contributed by atoms with van der Waals surface area (Å²) >= 11 is 5.13. The predicted octanol–water partition coefficient (Wildman–Crippen LogP) is 3.12. The van der Waals surface area contributed by atoms with Gasteiger partial charge in [0.25, 0.3) is 5.56 Å². The molecule has 1 rings (SSSR count). The van der Waals surface area contributed by atoms with Crippen molar-refractivity contribution in [3.05, 3.63) is 27.4 Å². The maximum atomic E-state index is 11.0. The molecule has 0 saturated carbocycles. The zero-order chi connectivity index (χ0) is 12.0. The van der Waals surface area contributed by atoms with Crippen LogP contribution >= 0.6 is 12.2 Å². The highest BCUT2D eigenvalue weighted by Crippen LogP contribution is 2.14. The summed E-state index contributed by atoms with van der Waals surface area (Å²) in [6.07, 6.45) is 6.66. The van der Waals surface area contributed by atoms with Crippen LogP contribution in [0.5, 0.6) is 0 Å². The average Bonchev–Trinajstić information content (AvgIpc) is 2.27. The molecule has 0 saturated heterocycles. The van der Waals surface area contributed by atoms with Crippen LogP contribution in [0.25, 0.3) is 0 Å². The van der Waals surface area contributed by atoms with Gasteiger partial charge in [-0.1, -0.05) is 33.1 Å². The van der Waals surface area contributed by atoms with Gasteiger partial charge in [0, 0.05) is 18.8 Å². The first-order chi connectivity index (χ1) is 7.67. The van der Waals surface area contributed by atoms with Crippen LogP contribution in [0.4, 0.5) is 0 Å². The molecule has 0 spiro atoms. The molecule has 1 heterocycles. The van der Waals surface area contributed by atoms with Crippen LogP contribution in [0.1, 0.15) is 39.5 Å². The van der Waals surface area contributed by atoms with Gasteiger partial charge in [-0.3, -0.25) is 9.78 Å². The van der Waals surface area contributed by atoms with Crippen LogP contribution in [-0.4, -0.2) is 9.55 Å². The van der Waals surface area contributed by atoms with Crippen LogP contribution < -0.4 is 5.56 Å². The minimum atomic E-state index is -0.122. The molecule has 90 valence electrons. The van der Waals surface area contributed by atoms with Crippen molar-refractivity contribution in [3.8, 4) is 0 Å². The number of unbranched alkanes of at least 4 members (excludes halogenated alkanes) is 1. The molecular weight excluding hydrogens is 220 g/mol. The van der Waals surface area contributed by atoms with E-state index in [2.05, 4.69) is 18.8 Å². The Bertz CT molecular complexity index is 422. The fraction of sp³-hybridized carbons (Fsp3) is 0.667. The fourth-order valence-electron chi connectivity index (χ4n) is 1.78. The van der Waals surface area contributed by atoms with Crippen LogP contribution in [0, 0.1) is 10.7 Å². The van der Waals surface area contributed by atoms with Gasteiger partial charge in [-0.2, -0.15) is 0 Å². The van der Waals surface area contributed by atoms with E-state index in [-0.39, 0.29) is 5.56 Å². The van der Waals surface area contributed by atoms with Crippen LogP contribution in [0.15, 0.2) is 17.1 Å². The summed E-state index contributed by atoms with van der Waals surface area (Å²) in [5.74, 6) is 0.651. The summed E-state index contributed by atoms with van der Waals surface area (Å²) in [7, 11) is 0. The molecule has 1 atom stereocenters. The Hall–Kier alpha value is -0.900. The van der Waals surface area contributed by atoms with E-state index in [1.807, 2.05) is 4.57 Å². The van der Waals surface area contributed by atoms with Gasteiger partial charge >= 0.3 is 0 Å². The molecule has 3 nitrogen and oxygen atoms in total. The molecule has 0 bridgehead atoms. The van der Waals surface area contributed by atoms with Crippen LogP contribution in [0.3, 0.4) is 0 Å². The van der Waals surface area contributed by atoms with Gasteiger partial charge in [-0.25, -0.2) is 0 Å². The molecule has 0 aliphatic heterocycles. The Morgan fingerprint density at radius 1 is 1.50 bits per heavy atom. The Kier molecular flexibility index (Phi) is 5.46. The zero-order valence-electron chi connectivity index (χ0n) is 10.0. The number of hydrogen-bond acceptors (Lipinski definition) is 2. The summed E-state index contributed by atoms with van der Waals surface area (Å²) < 4.78 is 2.49. The van der Waals surface area contributed by atoms with E-state index >= 15 is 0 Å². The molecule has 1 aromatic heterocycles. The number of nitrogens with one attached hydrogen (secondary N) is 1. The van der Waals surface area contributed by atoms with Crippen LogP contribution in [-0.2, 0) is 6.54 Å². The normalized spacial score (nSPS) is 12.6. The van der Waals surface area contributed by atoms with Crippen LogP contribution in [0.2, 0.25) is 0 Å². The molecule has 0 aliphatic rings. The first kappa shape index (κ1) is 13.2. The monoisotopic (exact) mass is 240 g/mol. The summed E-state index contributed by atoms with van der Waals surface area (Å²) in [6.45, 7) is 5.32. The minimum absolute atomic E-state index is 0.122. The molecule has 0 fully saturated rings. The minimum Gasteiger partial charge on any atom is -0.325 e. The Labute approximate surface area is 102 Å². The van der Waals surface area contributed by atoms with Crippen molar-refractivity contribution < 1.29 is 0 Å². The van der Waals surface area contributed by atoms with E-state index in [9.17, 15) is 4.79 Å². The van der Waals surface area contributed by atoms with Gasteiger partial charge in [0.2, 0.25) is 0 Å². The molecule has 1 unspecified atom stereocenters. The molecule has 0 aromatic carbocycles. The fourth-order valence-corrected chi connectivity index (χ4v) is 2.02. The van der Waals surface area contributed by atoms with E-state index in [0.717, 1.165) is 13.0 Å². The van der Waals surface area contributed by atoms with Crippen molar-refractivity contribution in [2.45, 2.75) is 46.1 Å². The number of rotatable bonds is 6. The number of aromatic amines is 1. The second-order valence-electron chi connectivity index (χ2n) is 4.18. The topological polar surface area (TPSA) is 37.8 Å². The Morgan fingerprint density at radius 3 is 2.81 bits per heavy atom. The molecule has 0 aliphatic carbocycles. The summed E-state index contributed by atoms with van der Waals surface area (Å²) in [5.41, 5.74) is -0.122. The van der Waals surface area contributed by atoms with Crippen molar-refractivity contribution in [1.29, 1.82) is 0 Å². The highest BCUT2D eigenvalue weighted by molar-refractivity contribution is 7.71. The first-order valence-corrected chi connectivity index (χ1v) is 6.38. The van der Waals surface area contributed by atoms with Gasteiger partial charge in [0.05, 0.1) is 0 Å². The number of H-pyrrole nitrogens is 1. The lowest BCUT2D eigenvalue weighted by Gasteiger charge is -2.16. The molecule has 0 radical (unpaired) electrons. The number of nitrogens with zero attached hydrogens (tertiary/aromatic N) is 1.